The summed E-state index contributed by atoms with van der Waals surface area (Å²) in [5.74, 6) is 1.09. The van der Waals surface area contributed by atoms with Crippen LogP contribution in [0.25, 0.3) is 0 Å². The number of hydrogen-bond acceptors (Lipinski definition) is 3. The zero-order chi connectivity index (χ0) is 11.7. The van der Waals surface area contributed by atoms with Gasteiger partial charge in [0, 0.05) is 24.3 Å². The fourth-order valence-corrected chi connectivity index (χ4v) is 2.02. The van der Waals surface area contributed by atoms with Crippen molar-refractivity contribution in [3.63, 3.8) is 0 Å². The van der Waals surface area contributed by atoms with Crippen LogP contribution < -0.4 is 11.1 Å². The Morgan fingerprint density at radius 3 is 2.67 bits per heavy atom. The van der Waals surface area contributed by atoms with Crippen LogP contribution in [-0.4, -0.2) is 30.5 Å². The lowest BCUT2D eigenvalue weighted by atomic mass is 10.1. The number of hydrogen-bond donors (Lipinski definition) is 2. The fraction of sp³-hybridized carbons (Fsp3) is 0.909. The summed E-state index contributed by atoms with van der Waals surface area (Å²) in [5.41, 5.74) is 5.62. The van der Waals surface area contributed by atoms with Crippen LogP contribution in [0.2, 0.25) is 0 Å². The van der Waals surface area contributed by atoms with Gasteiger partial charge in [0.1, 0.15) is 0 Å². The minimum absolute atomic E-state index is 0.0793. The van der Waals surface area contributed by atoms with E-state index >= 15 is 0 Å². The van der Waals surface area contributed by atoms with Gasteiger partial charge in [-0.2, -0.15) is 11.8 Å². The van der Waals surface area contributed by atoms with Crippen molar-refractivity contribution < 1.29 is 4.79 Å². The van der Waals surface area contributed by atoms with Crippen LogP contribution in [0.4, 0.5) is 0 Å². The Labute approximate surface area is 97.6 Å². The molecule has 2 unspecified atom stereocenters. The molecule has 0 radical (unpaired) electrons. The largest absolute Gasteiger partial charge is 0.352 e. The lowest BCUT2D eigenvalue weighted by Gasteiger charge is -2.19. The molecule has 0 saturated heterocycles. The van der Waals surface area contributed by atoms with Crippen molar-refractivity contribution in [2.45, 2.75) is 39.2 Å². The molecule has 0 aromatic rings. The van der Waals surface area contributed by atoms with Gasteiger partial charge >= 0.3 is 0 Å². The number of thioether (sulfide) groups is 1. The van der Waals surface area contributed by atoms with Crippen LogP contribution in [0.1, 0.15) is 33.1 Å². The molecule has 0 bridgehead atoms. The fourth-order valence-electron chi connectivity index (χ4n) is 1.37. The second kappa shape index (κ2) is 9.04. The molecule has 0 rings (SSSR count). The van der Waals surface area contributed by atoms with Crippen molar-refractivity contribution in [3.05, 3.63) is 0 Å². The van der Waals surface area contributed by atoms with Crippen LogP contribution in [0.5, 0.6) is 0 Å². The first-order chi connectivity index (χ1) is 7.15. The average molecular weight is 232 g/mol. The Morgan fingerprint density at radius 1 is 1.53 bits per heavy atom. The van der Waals surface area contributed by atoms with E-state index in [4.69, 9.17) is 5.73 Å². The maximum absolute atomic E-state index is 11.7. The van der Waals surface area contributed by atoms with Gasteiger partial charge in [-0.15, -0.1) is 0 Å². The number of carbonyl (C=O) groups is 1. The summed E-state index contributed by atoms with van der Waals surface area (Å²) in [6.45, 7) is 4.64. The van der Waals surface area contributed by atoms with Gasteiger partial charge in [0.2, 0.25) is 5.91 Å². The summed E-state index contributed by atoms with van der Waals surface area (Å²) in [6.07, 6.45) is 5.28. The molecule has 90 valence electrons. The third-order valence-electron chi connectivity index (χ3n) is 2.40. The predicted molar refractivity (Wildman–Crippen MR) is 68.1 cm³/mol. The highest BCUT2D eigenvalue weighted by atomic mass is 32.2. The van der Waals surface area contributed by atoms with E-state index in [-0.39, 0.29) is 17.9 Å². The Morgan fingerprint density at radius 2 is 2.20 bits per heavy atom. The van der Waals surface area contributed by atoms with Crippen molar-refractivity contribution in [1.29, 1.82) is 0 Å². The van der Waals surface area contributed by atoms with Crippen LogP contribution in [-0.2, 0) is 4.79 Å². The molecule has 0 aromatic heterocycles. The topological polar surface area (TPSA) is 55.1 Å². The van der Waals surface area contributed by atoms with Gasteiger partial charge in [0.15, 0.2) is 0 Å². The quantitative estimate of drug-likeness (QED) is 0.668. The van der Waals surface area contributed by atoms with Crippen molar-refractivity contribution in [2.75, 3.05) is 18.6 Å². The van der Waals surface area contributed by atoms with Gasteiger partial charge in [-0.3, -0.25) is 4.79 Å². The molecule has 0 aromatic carbocycles. The van der Waals surface area contributed by atoms with E-state index in [2.05, 4.69) is 12.2 Å². The number of amides is 1. The SMILES string of the molecule is CCCCC(CN)NC(=O)C(C)CSC. The molecule has 0 heterocycles. The summed E-state index contributed by atoms with van der Waals surface area (Å²) >= 11 is 1.70. The number of nitrogens with one attached hydrogen (secondary N) is 1. The molecule has 0 saturated carbocycles. The number of carbonyl (C=O) groups excluding carboxylic acids is 1. The Hall–Kier alpha value is -0.220. The first-order valence-corrected chi connectivity index (χ1v) is 7.04. The molecule has 0 aliphatic heterocycles. The van der Waals surface area contributed by atoms with Crippen LogP contribution in [0.3, 0.4) is 0 Å². The molecule has 0 aliphatic carbocycles. The second-order valence-corrected chi connectivity index (χ2v) is 4.85. The molecular formula is C11H24N2OS. The molecule has 1 amide bonds. The van der Waals surface area contributed by atoms with Gasteiger partial charge in [0.05, 0.1) is 0 Å². The van der Waals surface area contributed by atoms with Crippen LogP contribution in [0, 0.1) is 5.92 Å². The maximum Gasteiger partial charge on any atom is 0.223 e. The normalized spacial score (nSPS) is 14.7. The van der Waals surface area contributed by atoms with Crippen molar-refractivity contribution >= 4 is 17.7 Å². The van der Waals surface area contributed by atoms with E-state index in [0.717, 1.165) is 25.0 Å². The van der Waals surface area contributed by atoms with Gasteiger partial charge in [0.25, 0.3) is 0 Å². The maximum atomic E-state index is 11.7. The predicted octanol–water partition coefficient (Wildman–Crippen LogP) is 1.62. The summed E-state index contributed by atoms with van der Waals surface area (Å²) in [4.78, 5) is 11.7. The smallest absolute Gasteiger partial charge is 0.223 e. The standard InChI is InChI=1S/C11H24N2OS/c1-4-5-6-10(7-12)13-11(14)9(2)8-15-3/h9-10H,4-8,12H2,1-3H3,(H,13,14). The zero-order valence-corrected chi connectivity index (χ0v) is 10.9. The molecule has 0 aliphatic rings. The van der Waals surface area contributed by atoms with Crippen molar-refractivity contribution in [1.82, 2.24) is 5.32 Å². The molecule has 4 heteroatoms. The average Bonchev–Trinajstić information content (AvgIpc) is 2.24. The number of unbranched alkanes of at least 4 members (excludes halogenated alkanes) is 1. The van der Waals surface area contributed by atoms with Crippen LogP contribution in [0.15, 0.2) is 0 Å². The van der Waals surface area contributed by atoms with Crippen molar-refractivity contribution in [2.24, 2.45) is 11.7 Å². The highest BCUT2D eigenvalue weighted by Crippen LogP contribution is 2.06. The molecule has 3 nitrogen and oxygen atoms in total. The minimum Gasteiger partial charge on any atom is -0.352 e. The third kappa shape index (κ3) is 6.79. The van der Waals surface area contributed by atoms with Crippen LogP contribution >= 0.6 is 11.8 Å². The second-order valence-electron chi connectivity index (χ2n) is 3.94. The van der Waals surface area contributed by atoms with E-state index in [1.165, 1.54) is 0 Å². The summed E-state index contributed by atoms with van der Waals surface area (Å²) in [5, 5.41) is 3.01. The monoisotopic (exact) mass is 232 g/mol. The first kappa shape index (κ1) is 14.8. The highest BCUT2D eigenvalue weighted by molar-refractivity contribution is 7.98. The molecule has 2 atom stereocenters. The third-order valence-corrected chi connectivity index (χ3v) is 3.23. The molecular weight excluding hydrogens is 208 g/mol. The number of nitrogens with two attached hydrogens (primary N) is 1. The Balaban J connectivity index is 3.88. The summed E-state index contributed by atoms with van der Waals surface area (Å²) in [7, 11) is 0. The van der Waals surface area contributed by atoms with Gasteiger partial charge in [-0.1, -0.05) is 26.7 Å². The van der Waals surface area contributed by atoms with E-state index < -0.39 is 0 Å². The minimum atomic E-state index is 0.0793. The Kier molecular flexibility index (Phi) is 8.91. The van der Waals surface area contributed by atoms with E-state index in [0.29, 0.717) is 6.54 Å². The van der Waals surface area contributed by atoms with Gasteiger partial charge in [-0.25, -0.2) is 0 Å². The highest BCUT2D eigenvalue weighted by Gasteiger charge is 2.15. The van der Waals surface area contributed by atoms with Gasteiger partial charge in [-0.05, 0) is 12.7 Å². The molecule has 0 spiro atoms. The number of rotatable bonds is 8. The molecule has 15 heavy (non-hydrogen) atoms. The molecule has 3 N–H and O–H groups in total. The van der Waals surface area contributed by atoms with Gasteiger partial charge < -0.3 is 11.1 Å². The van der Waals surface area contributed by atoms with Crippen molar-refractivity contribution in [3.8, 4) is 0 Å². The zero-order valence-electron chi connectivity index (χ0n) is 10.1. The van der Waals surface area contributed by atoms with E-state index in [1.807, 2.05) is 13.2 Å². The molecule has 0 fully saturated rings. The lowest BCUT2D eigenvalue weighted by Crippen LogP contribution is -2.43. The Bertz CT molecular complexity index is 176. The summed E-state index contributed by atoms with van der Waals surface area (Å²) < 4.78 is 0. The first-order valence-electron chi connectivity index (χ1n) is 5.65. The lowest BCUT2D eigenvalue weighted by molar-refractivity contribution is -0.124. The van der Waals surface area contributed by atoms with E-state index in [1.54, 1.807) is 11.8 Å². The summed E-state index contributed by atoms with van der Waals surface area (Å²) in [6, 6.07) is 0.154. The van der Waals surface area contributed by atoms with E-state index in [9.17, 15) is 4.79 Å².